The highest BCUT2D eigenvalue weighted by Crippen LogP contribution is 2.22. The molecule has 0 aliphatic heterocycles. The van der Waals surface area contributed by atoms with Gasteiger partial charge in [0.05, 0.1) is 19.1 Å². The van der Waals surface area contributed by atoms with E-state index in [-0.39, 0.29) is 37.4 Å². The van der Waals surface area contributed by atoms with Crippen molar-refractivity contribution < 1.29 is 22.7 Å². The summed E-state index contributed by atoms with van der Waals surface area (Å²) in [6.07, 6.45) is 8.33. The molecule has 9 heteroatoms. The van der Waals surface area contributed by atoms with Crippen molar-refractivity contribution >= 4 is 27.5 Å². The molecule has 0 saturated heterocycles. The van der Waals surface area contributed by atoms with Gasteiger partial charge in [0.15, 0.2) is 0 Å². The Morgan fingerprint density at radius 3 is 2.15 bits per heavy atom. The average Bonchev–Trinajstić information content (AvgIpc) is 2.95. The summed E-state index contributed by atoms with van der Waals surface area (Å²) in [5, 5.41) is 3.19. The van der Waals surface area contributed by atoms with E-state index in [0.717, 1.165) is 49.0 Å². The lowest BCUT2D eigenvalue weighted by Gasteiger charge is -2.33. The van der Waals surface area contributed by atoms with E-state index in [9.17, 15) is 18.0 Å². The summed E-state index contributed by atoms with van der Waals surface area (Å²) in [7, 11) is -1.93. The zero-order chi connectivity index (χ0) is 29.1. The van der Waals surface area contributed by atoms with Crippen molar-refractivity contribution in [1.82, 2.24) is 10.2 Å². The summed E-state index contributed by atoms with van der Waals surface area (Å²) in [6, 6.07) is 14.5. The van der Waals surface area contributed by atoms with Gasteiger partial charge in [0, 0.05) is 25.6 Å². The maximum atomic E-state index is 13.7. The Morgan fingerprint density at radius 2 is 1.60 bits per heavy atom. The smallest absolute Gasteiger partial charge is 0.243 e. The van der Waals surface area contributed by atoms with E-state index in [1.165, 1.54) is 17.0 Å². The van der Waals surface area contributed by atoms with Gasteiger partial charge in [-0.1, -0.05) is 57.4 Å². The normalized spacial score (nSPS) is 14.8. The quantitative estimate of drug-likeness (QED) is 0.342. The largest absolute Gasteiger partial charge is 0.497 e. The van der Waals surface area contributed by atoms with E-state index in [0.29, 0.717) is 18.5 Å². The minimum absolute atomic E-state index is 0.120. The molecule has 220 valence electrons. The zero-order valence-electron chi connectivity index (χ0n) is 24.4. The number of hydrogen-bond acceptors (Lipinski definition) is 5. The van der Waals surface area contributed by atoms with Crippen molar-refractivity contribution in [3.8, 4) is 5.75 Å². The minimum atomic E-state index is -3.53. The van der Waals surface area contributed by atoms with Crippen molar-refractivity contribution in [3.63, 3.8) is 0 Å². The van der Waals surface area contributed by atoms with Gasteiger partial charge in [-0.15, -0.1) is 0 Å². The van der Waals surface area contributed by atoms with E-state index >= 15 is 0 Å². The Kier molecular flexibility index (Phi) is 11.9. The summed E-state index contributed by atoms with van der Waals surface area (Å²) in [4.78, 5) is 28.7. The van der Waals surface area contributed by atoms with E-state index in [2.05, 4.69) is 5.32 Å². The molecule has 1 saturated carbocycles. The van der Waals surface area contributed by atoms with Crippen LogP contribution >= 0.6 is 0 Å². The van der Waals surface area contributed by atoms with E-state index in [1.54, 1.807) is 24.1 Å². The Labute approximate surface area is 240 Å². The van der Waals surface area contributed by atoms with Crippen LogP contribution in [-0.2, 0) is 32.6 Å². The third kappa shape index (κ3) is 8.98. The lowest BCUT2D eigenvalue weighted by Crippen LogP contribution is -2.51. The van der Waals surface area contributed by atoms with Gasteiger partial charge in [0.2, 0.25) is 21.8 Å². The van der Waals surface area contributed by atoms with Crippen LogP contribution in [0, 0.1) is 0 Å². The Hall–Kier alpha value is -3.07. The number of methoxy groups -OCH3 is 1. The van der Waals surface area contributed by atoms with Gasteiger partial charge in [0.25, 0.3) is 0 Å². The fourth-order valence-electron chi connectivity index (χ4n) is 5.29. The number of amides is 2. The molecule has 0 heterocycles. The molecule has 0 aromatic heterocycles. The number of rotatable bonds is 14. The number of carbonyl (C=O) groups excluding carboxylic acids is 2. The van der Waals surface area contributed by atoms with Crippen LogP contribution in [0.2, 0.25) is 0 Å². The third-order valence-electron chi connectivity index (χ3n) is 7.63. The van der Waals surface area contributed by atoms with Crippen molar-refractivity contribution in [2.24, 2.45) is 0 Å². The topological polar surface area (TPSA) is 96.0 Å². The number of nitrogens with one attached hydrogen (secondary N) is 1. The second-order valence-corrected chi connectivity index (χ2v) is 12.5. The molecule has 1 aliphatic rings. The third-order valence-corrected chi connectivity index (χ3v) is 8.83. The molecule has 2 amide bonds. The summed E-state index contributed by atoms with van der Waals surface area (Å²) < 4.78 is 31.8. The average molecular weight is 572 g/mol. The van der Waals surface area contributed by atoms with E-state index in [4.69, 9.17) is 4.74 Å². The molecule has 1 N–H and O–H groups in total. The number of anilines is 1. The lowest BCUT2D eigenvalue weighted by molar-refractivity contribution is -0.141. The number of benzene rings is 2. The van der Waals surface area contributed by atoms with Crippen LogP contribution in [0.4, 0.5) is 5.69 Å². The molecule has 8 nitrogen and oxygen atoms in total. The molecule has 1 atom stereocenters. The number of carbonyl (C=O) groups is 2. The Morgan fingerprint density at radius 1 is 0.975 bits per heavy atom. The molecule has 0 unspecified atom stereocenters. The number of aryl methyl sites for hydroxylation is 1. The first-order valence-electron chi connectivity index (χ1n) is 14.5. The number of hydrogen-bond donors (Lipinski definition) is 1. The highest BCUT2D eigenvalue weighted by atomic mass is 32.2. The first kappa shape index (κ1) is 31.5. The van der Waals surface area contributed by atoms with Gasteiger partial charge in [-0.05, 0) is 67.5 Å². The van der Waals surface area contributed by atoms with Crippen LogP contribution in [0.5, 0.6) is 5.75 Å². The molecule has 0 radical (unpaired) electrons. The van der Waals surface area contributed by atoms with Crippen molar-refractivity contribution in [2.45, 2.75) is 90.3 Å². The van der Waals surface area contributed by atoms with Crippen LogP contribution in [0.15, 0.2) is 48.5 Å². The number of sulfonamides is 1. The van der Waals surface area contributed by atoms with Crippen molar-refractivity contribution in [2.75, 3.05) is 24.2 Å². The predicted octanol–water partition coefficient (Wildman–Crippen LogP) is 5.06. The van der Waals surface area contributed by atoms with Gasteiger partial charge in [-0.2, -0.15) is 0 Å². The Bertz CT molecular complexity index is 1190. The van der Waals surface area contributed by atoms with Gasteiger partial charge in [0.1, 0.15) is 11.8 Å². The molecule has 1 aliphatic carbocycles. The van der Waals surface area contributed by atoms with E-state index in [1.807, 2.05) is 50.2 Å². The lowest BCUT2D eigenvalue weighted by atomic mass is 9.95. The number of ether oxygens (including phenoxy) is 1. The van der Waals surface area contributed by atoms with Gasteiger partial charge < -0.3 is 15.0 Å². The molecule has 0 spiro atoms. The Balaban J connectivity index is 1.75. The van der Waals surface area contributed by atoms with Crippen LogP contribution in [0.3, 0.4) is 0 Å². The van der Waals surface area contributed by atoms with Gasteiger partial charge >= 0.3 is 0 Å². The van der Waals surface area contributed by atoms with Gasteiger partial charge in [-0.3, -0.25) is 13.9 Å². The highest BCUT2D eigenvalue weighted by Gasteiger charge is 2.30. The monoisotopic (exact) mass is 571 g/mol. The van der Waals surface area contributed by atoms with Crippen LogP contribution in [0.25, 0.3) is 0 Å². The fourth-order valence-corrected chi connectivity index (χ4v) is 6.26. The molecule has 40 heavy (non-hydrogen) atoms. The fraction of sp³-hybridized carbons (Fsp3) is 0.548. The summed E-state index contributed by atoms with van der Waals surface area (Å²) in [5.74, 6) is 0.429. The molecule has 2 aromatic carbocycles. The predicted molar refractivity (Wildman–Crippen MR) is 160 cm³/mol. The van der Waals surface area contributed by atoms with Crippen LogP contribution in [-0.4, -0.2) is 57.1 Å². The molecule has 3 rings (SSSR count). The maximum absolute atomic E-state index is 13.7. The van der Waals surface area contributed by atoms with E-state index < -0.39 is 16.1 Å². The minimum Gasteiger partial charge on any atom is -0.497 e. The standard InChI is InChI=1S/C31H45N3O5S/c1-5-24-14-18-27(19-15-24)34(40(4,37)38)22-10-13-30(35)33(23-25-16-20-28(39-3)21-17-25)29(6-2)31(36)32-26-11-8-7-9-12-26/h14-21,26,29H,5-13,22-23H2,1-4H3,(H,32,36)/t29-/m0/s1. The van der Waals surface area contributed by atoms with Crippen LogP contribution in [0.1, 0.15) is 76.3 Å². The van der Waals surface area contributed by atoms with Gasteiger partial charge in [-0.25, -0.2) is 8.42 Å². The molecule has 2 aromatic rings. The highest BCUT2D eigenvalue weighted by molar-refractivity contribution is 7.92. The zero-order valence-corrected chi connectivity index (χ0v) is 25.2. The SMILES string of the molecule is CCc1ccc(N(CCCC(=O)N(Cc2ccc(OC)cc2)[C@@H](CC)C(=O)NC2CCCCC2)S(C)(=O)=O)cc1. The second kappa shape index (κ2) is 15.1. The van der Waals surface area contributed by atoms with Crippen molar-refractivity contribution in [3.05, 3.63) is 59.7 Å². The second-order valence-electron chi connectivity index (χ2n) is 10.6. The number of nitrogens with zero attached hydrogens (tertiary/aromatic N) is 2. The first-order valence-corrected chi connectivity index (χ1v) is 16.3. The van der Waals surface area contributed by atoms with Crippen molar-refractivity contribution in [1.29, 1.82) is 0 Å². The summed E-state index contributed by atoms with van der Waals surface area (Å²) >= 11 is 0. The van der Waals surface area contributed by atoms with Crippen LogP contribution < -0.4 is 14.4 Å². The first-order chi connectivity index (χ1) is 19.2. The maximum Gasteiger partial charge on any atom is 0.243 e. The molecule has 0 bridgehead atoms. The summed E-state index contributed by atoms with van der Waals surface area (Å²) in [6.45, 7) is 4.43. The molecular formula is C31H45N3O5S. The molecular weight excluding hydrogens is 526 g/mol. The molecule has 1 fully saturated rings. The summed E-state index contributed by atoms with van der Waals surface area (Å²) in [5.41, 5.74) is 2.60.